The molecular formula is C13H20N4O3. The number of methoxy groups -OCH3 is 1. The van der Waals surface area contributed by atoms with E-state index in [1.807, 2.05) is 4.90 Å². The van der Waals surface area contributed by atoms with Gasteiger partial charge in [0.25, 0.3) is 5.69 Å². The summed E-state index contributed by atoms with van der Waals surface area (Å²) in [5.74, 6) is 1.61. The van der Waals surface area contributed by atoms with Crippen LogP contribution in [-0.4, -0.2) is 43.3 Å². The average Bonchev–Trinajstić information content (AvgIpc) is 2.47. The van der Waals surface area contributed by atoms with Gasteiger partial charge >= 0.3 is 0 Å². The number of anilines is 2. The molecule has 1 aromatic heterocycles. The lowest BCUT2D eigenvalue weighted by molar-refractivity contribution is -0.384. The molecule has 0 amide bonds. The van der Waals surface area contributed by atoms with Crippen LogP contribution >= 0.6 is 0 Å². The van der Waals surface area contributed by atoms with E-state index >= 15 is 0 Å². The predicted molar refractivity (Wildman–Crippen MR) is 77.2 cm³/mol. The maximum Gasteiger partial charge on any atom is 0.276 e. The summed E-state index contributed by atoms with van der Waals surface area (Å²) in [5.41, 5.74) is 0.0481. The quantitative estimate of drug-likeness (QED) is 0.670. The zero-order valence-corrected chi connectivity index (χ0v) is 12.0. The third-order valence-electron chi connectivity index (χ3n) is 3.78. The molecular weight excluding hydrogens is 260 g/mol. The van der Waals surface area contributed by atoms with Crippen LogP contribution in [0.5, 0.6) is 0 Å². The van der Waals surface area contributed by atoms with Crippen molar-refractivity contribution in [3.05, 3.63) is 22.2 Å². The molecule has 0 radical (unpaired) electrons. The van der Waals surface area contributed by atoms with Gasteiger partial charge in [-0.05, 0) is 12.3 Å². The Labute approximate surface area is 118 Å². The van der Waals surface area contributed by atoms with Crippen LogP contribution in [0.15, 0.2) is 12.1 Å². The predicted octanol–water partition coefficient (Wildman–Crippen LogP) is 1.89. The number of nitro groups is 1. The third kappa shape index (κ3) is 2.98. The zero-order chi connectivity index (χ0) is 14.7. The largest absolute Gasteiger partial charge is 0.379 e. The molecule has 0 bridgehead atoms. The summed E-state index contributed by atoms with van der Waals surface area (Å²) in [7, 11) is 3.40. The van der Waals surface area contributed by atoms with E-state index in [0.717, 1.165) is 13.0 Å². The first kappa shape index (κ1) is 14.5. The summed E-state index contributed by atoms with van der Waals surface area (Å²) >= 11 is 0. The van der Waals surface area contributed by atoms with Gasteiger partial charge in [0.05, 0.1) is 23.2 Å². The number of nitrogens with zero attached hydrogens (tertiary/aromatic N) is 3. The molecule has 1 saturated heterocycles. The van der Waals surface area contributed by atoms with Crippen LogP contribution in [0, 0.1) is 16.0 Å². The second-order valence-electron chi connectivity index (χ2n) is 5.06. The molecule has 7 nitrogen and oxygen atoms in total. The number of hydrogen-bond donors (Lipinski definition) is 1. The molecule has 7 heteroatoms. The Balaban J connectivity index is 2.27. The molecule has 1 aromatic rings. The lowest BCUT2D eigenvalue weighted by atomic mass is 9.96. The van der Waals surface area contributed by atoms with E-state index < -0.39 is 4.92 Å². The van der Waals surface area contributed by atoms with E-state index in [2.05, 4.69) is 17.2 Å². The molecule has 2 rings (SSSR count). The van der Waals surface area contributed by atoms with E-state index in [1.165, 1.54) is 12.1 Å². The normalized spacial score (nSPS) is 22.6. The van der Waals surface area contributed by atoms with Crippen LogP contribution < -0.4 is 10.2 Å². The fourth-order valence-electron chi connectivity index (χ4n) is 2.45. The Morgan fingerprint density at radius 2 is 2.30 bits per heavy atom. The van der Waals surface area contributed by atoms with Gasteiger partial charge in [-0.25, -0.2) is 4.98 Å². The molecule has 0 aliphatic carbocycles. The molecule has 0 spiro atoms. The average molecular weight is 280 g/mol. The van der Waals surface area contributed by atoms with Gasteiger partial charge in [-0.1, -0.05) is 6.92 Å². The molecule has 1 aliphatic rings. The maximum absolute atomic E-state index is 11.0. The third-order valence-corrected chi connectivity index (χ3v) is 3.78. The summed E-state index contributed by atoms with van der Waals surface area (Å²) < 4.78 is 5.47. The highest BCUT2D eigenvalue weighted by molar-refractivity contribution is 5.56. The van der Waals surface area contributed by atoms with Crippen LogP contribution in [0.4, 0.5) is 17.3 Å². The Hall–Kier alpha value is -1.89. The van der Waals surface area contributed by atoms with Crippen molar-refractivity contribution in [3.63, 3.8) is 0 Å². The highest BCUT2D eigenvalue weighted by atomic mass is 16.6. The van der Waals surface area contributed by atoms with Crippen LogP contribution in [0.2, 0.25) is 0 Å². The Morgan fingerprint density at radius 1 is 1.55 bits per heavy atom. The second kappa shape index (κ2) is 6.04. The maximum atomic E-state index is 11.0. The Bertz CT molecular complexity index is 495. The van der Waals surface area contributed by atoms with Crippen molar-refractivity contribution in [3.8, 4) is 0 Å². The lowest BCUT2D eigenvalue weighted by Gasteiger charge is -2.36. The van der Waals surface area contributed by atoms with E-state index in [4.69, 9.17) is 4.74 Å². The zero-order valence-electron chi connectivity index (χ0n) is 12.0. The molecule has 110 valence electrons. The van der Waals surface area contributed by atoms with Gasteiger partial charge < -0.3 is 15.0 Å². The minimum absolute atomic E-state index is 0.0481. The highest BCUT2D eigenvalue weighted by Crippen LogP contribution is 2.27. The van der Waals surface area contributed by atoms with Crippen molar-refractivity contribution < 1.29 is 9.66 Å². The van der Waals surface area contributed by atoms with E-state index in [0.29, 0.717) is 24.1 Å². The van der Waals surface area contributed by atoms with Crippen molar-refractivity contribution in [2.45, 2.75) is 19.4 Å². The number of pyridine rings is 1. The van der Waals surface area contributed by atoms with Crippen LogP contribution in [0.1, 0.15) is 13.3 Å². The summed E-state index contributed by atoms with van der Waals surface area (Å²) in [6.45, 7) is 3.69. The van der Waals surface area contributed by atoms with Gasteiger partial charge in [0, 0.05) is 27.2 Å². The van der Waals surface area contributed by atoms with Gasteiger partial charge in [0.15, 0.2) is 0 Å². The second-order valence-corrected chi connectivity index (χ2v) is 5.06. The fraction of sp³-hybridized carbons (Fsp3) is 0.615. The molecule has 1 aliphatic heterocycles. The molecule has 2 atom stereocenters. The molecule has 1 fully saturated rings. The fourth-order valence-corrected chi connectivity index (χ4v) is 2.45. The van der Waals surface area contributed by atoms with Crippen molar-refractivity contribution in [2.75, 3.05) is 37.5 Å². The lowest BCUT2D eigenvalue weighted by Crippen LogP contribution is -2.44. The standard InChI is InChI=1S/C13H20N4O3/c1-9-4-5-16(8-11(9)20-3)13-7-10(17(18)19)6-12(14-2)15-13/h6-7,9,11H,4-5,8H2,1-3H3,(H,14,15). The number of aromatic nitrogens is 1. The van der Waals surface area contributed by atoms with Crippen molar-refractivity contribution in [2.24, 2.45) is 5.92 Å². The smallest absolute Gasteiger partial charge is 0.276 e. The van der Waals surface area contributed by atoms with E-state index in [9.17, 15) is 10.1 Å². The Kier molecular flexibility index (Phi) is 4.39. The molecule has 1 N–H and O–H groups in total. The summed E-state index contributed by atoms with van der Waals surface area (Å²) in [4.78, 5) is 17.0. The van der Waals surface area contributed by atoms with Gasteiger partial charge in [0.1, 0.15) is 11.6 Å². The number of piperidine rings is 1. The summed E-state index contributed by atoms with van der Waals surface area (Å²) in [5, 5.41) is 13.8. The van der Waals surface area contributed by atoms with E-state index in [-0.39, 0.29) is 11.8 Å². The van der Waals surface area contributed by atoms with Crippen molar-refractivity contribution in [1.29, 1.82) is 0 Å². The van der Waals surface area contributed by atoms with Gasteiger partial charge in [-0.2, -0.15) is 0 Å². The topological polar surface area (TPSA) is 80.5 Å². The van der Waals surface area contributed by atoms with E-state index in [1.54, 1.807) is 14.2 Å². The summed E-state index contributed by atoms with van der Waals surface area (Å²) in [6, 6.07) is 2.95. The number of ether oxygens (including phenoxy) is 1. The van der Waals surface area contributed by atoms with Crippen molar-refractivity contribution >= 4 is 17.3 Å². The van der Waals surface area contributed by atoms with Crippen LogP contribution in [0.25, 0.3) is 0 Å². The molecule has 2 unspecified atom stereocenters. The first-order valence-electron chi connectivity index (χ1n) is 6.67. The minimum atomic E-state index is -0.396. The number of hydrogen-bond acceptors (Lipinski definition) is 6. The first-order chi connectivity index (χ1) is 9.55. The van der Waals surface area contributed by atoms with Gasteiger partial charge in [-0.3, -0.25) is 10.1 Å². The molecule has 2 heterocycles. The van der Waals surface area contributed by atoms with Crippen LogP contribution in [0.3, 0.4) is 0 Å². The van der Waals surface area contributed by atoms with Gasteiger partial charge in [0.2, 0.25) is 0 Å². The number of rotatable bonds is 4. The van der Waals surface area contributed by atoms with Gasteiger partial charge in [-0.15, -0.1) is 0 Å². The molecule has 20 heavy (non-hydrogen) atoms. The highest BCUT2D eigenvalue weighted by Gasteiger charge is 2.27. The first-order valence-corrected chi connectivity index (χ1v) is 6.67. The summed E-state index contributed by atoms with van der Waals surface area (Å²) in [6.07, 6.45) is 1.11. The SMILES string of the molecule is CNc1cc([N+](=O)[O-])cc(N2CCC(C)C(OC)C2)n1. The monoisotopic (exact) mass is 280 g/mol. The Morgan fingerprint density at radius 3 is 2.90 bits per heavy atom. The van der Waals surface area contributed by atoms with Crippen molar-refractivity contribution in [1.82, 2.24) is 4.98 Å². The minimum Gasteiger partial charge on any atom is -0.379 e. The number of nitrogens with one attached hydrogen (secondary N) is 1. The molecule has 0 saturated carbocycles. The molecule has 0 aromatic carbocycles. The van der Waals surface area contributed by atoms with Crippen LogP contribution in [-0.2, 0) is 4.74 Å².